The second kappa shape index (κ2) is 5.85. The van der Waals surface area contributed by atoms with Crippen LogP contribution in [0.4, 0.5) is 18.0 Å². The Labute approximate surface area is 135 Å². The molecule has 1 aromatic heterocycles. The number of ether oxygens (including phenoxy) is 2. The number of hydrogen-bond acceptors (Lipinski definition) is 4. The summed E-state index contributed by atoms with van der Waals surface area (Å²) >= 11 is 0. The number of carbonyl (C=O) groups is 2. The van der Waals surface area contributed by atoms with Crippen LogP contribution in [0.2, 0.25) is 0 Å². The van der Waals surface area contributed by atoms with E-state index in [-0.39, 0.29) is 16.6 Å². The molecule has 24 heavy (non-hydrogen) atoms. The third-order valence-corrected chi connectivity index (χ3v) is 3.12. The summed E-state index contributed by atoms with van der Waals surface area (Å²) in [5.74, 6) is -0.940. The minimum absolute atomic E-state index is 0.0838. The molecular weight excluding hydrogens is 327 g/mol. The van der Waals surface area contributed by atoms with Gasteiger partial charge in [0.05, 0.1) is 18.2 Å². The summed E-state index contributed by atoms with van der Waals surface area (Å²) in [5, 5.41) is -0.281. The lowest BCUT2D eigenvalue weighted by atomic mass is 10.1. The van der Waals surface area contributed by atoms with Gasteiger partial charge in [-0.3, -0.25) is 0 Å². The molecule has 0 bridgehead atoms. The standard InChI is InChI=1S/C16H16F3NO4/c1-15(2,3)24-14(22)20-11-7-5-6-10(16(17,18)19)9(11)8-12(20)13(21)23-4/h5-8H,1-4H3. The fourth-order valence-corrected chi connectivity index (χ4v) is 2.24. The van der Waals surface area contributed by atoms with E-state index in [1.165, 1.54) is 6.07 Å². The number of aromatic nitrogens is 1. The van der Waals surface area contributed by atoms with Crippen molar-refractivity contribution >= 4 is 23.0 Å². The van der Waals surface area contributed by atoms with Gasteiger partial charge in [-0.1, -0.05) is 6.07 Å². The number of alkyl halides is 3. The number of carbonyl (C=O) groups excluding carboxylic acids is 2. The quantitative estimate of drug-likeness (QED) is 0.727. The van der Waals surface area contributed by atoms with Crippen LogP contribution in [-0.4, -0.2) is 29.3 Å². The van der Waals surface area contributed by atoms with Gasteiger partial charge in [-0.2, -0.15) is 13.2 Å². The van der Waals surface area contributed by atoms with Crippen LogP contribution in [0.3, 0.4) is 0 Å². The molecule has 1 aromatic carbocycles. The predicted molar refractivity (Wildman–Crippen MR) is 79.9 cm³/mol. The zero-order valence-electron chi connectivity index (χ0n) is 13.5. The van der Waals surface area contributed by atoms with Gasteiger partial charge in [-0.15, -0.1) is 0 Å². The molecule has 0 fully saturated rings. The van der Waals surface area contributed by atoms with E-state index in [1.807, 2.05) is 0 Å². The molecular formula is C16H16F3NO4. The number of halogens is 3. The topological polar surface area (TPSA) is 57.5 Å². The molecule has 0 aliphatic carbocycles. The number of fused-ring (bicyclic) bond motifs is 1. The molecule has 2 aromatic rings. The highest BCUT2D eigenvalue weighted by Crippen LogP contribution is 2.36. The zero-order valence-corrected chi connectivity index (χ0v) is 13.5. The van der Waals surface area contributed by atoms with Gasteiger partial charge in [0.15, 0.2) is 0 Å². The molecule has 1 heterocycles. The monoisotopic (exact) mass is 343 g/mol. The molecule has 0 unspecified atom stereocenters. The van der Waals surface area contributed by atoms with Crippen LogP contribution in [0.1, 0.15) is 36.8 Å². The summed E-state index contributed by atoms with van der Waals surface area (Å²) in [4.78, 5) is 24.3. The Hall–Kier alpha value is -2.51. The first-order valence-electron chi connectivity index (χ1n) is 6.99. The molecule has 0 saturated heterocycles. The highest BCUT2D eigenvalue weighted by atomic mass is 19.4. The minimum atomic E-state index is -4.63. The molecule has 0 aliphatic rings. The van der Waals surface area contributed by atoms with Crippen LogP contribution >= 0.6 is 0 Å². The lowest BCUT2D eigenvalue weighted by Crippen LogP contribution is -2.29. The molecule has 0 saturated carbocycles. The van der Waals surface area contributed by atoms with E-state index in [4.69, 9.17) is 4.74 Å². The van der Waals surface area contributed by atoms with Crippen molar-refractivity contribution in [2.75, 3.05) is 7.11 Å². The maximum atomic E-state index is 13.2. The van der Waals surface area contributed by atoms with Gasteiger partial charge in [0.25, 0.3) is 0 Å². The number of hydrogen-bond donors (Lipinski definition) is 0. The van der Waals surface area contributed by atoms with E-state index < -0.39 is 29.4 Å². The van der Waals surface area contributed by atoms with Crippen LogP contribution in [0.5, 0.6) is 0 Å². The Morgan fingerprint density at radius 1 is 1.12 bits per heavy atom. The third-order valence-electron chi connectivity index (χ3n) is 3.12. The Balaban J connectivity index is 2.76. The van der Waals surface area contributed by atoms with Gasteiger partial charge in [0, 0.05) is 5.39 Å². The molecule has 0 radical (unpaired) electrons. The van der Waals surface area contributed by atoms with Gasteiger partial charge in [-0.05, 0) is 39.0 Å². The third kappa shape index (κ3) is 3.37. The lowest BCUT2D eigenvalue weighted by Gasteiger charge is -2.20. The fourth-order valence-electron chi connectivity index (χ4n) is 2.24. The first-order chi connectivity index (χ1) is 11.0. The van der Waals surface area contributed by atoms with Crippen molar-refractivity contribution in [3.63, 3.8) is 0 Å². The number of nitrogens with zero attached hydrogens (tertiary/aromatic N) is 1. The van der Waals surface area contributed by atoms with Gasteiger partial charge in [-0.25, -0.2) is 14.2 Å². The van der Waals surface area contributed by atoms with E-state index in [0.29, 0.717) is 0 Å². The first kappa shape index (κ1) is 17.8. The van der Waals surface area contributed by atoms with Crippen molar-refractivity contribution in [2.24, 2.45) is 0 Å². The maximum absolute atomic E-state index is 13.2. The van der Waals surface area contributed by atoms with Crippen LogP contribution < -0.4 is 0 Å². The highest BCUT2D eigenvalue weighted by Gasteiger charge is 2.35. The SMILES string of the molecule is COC(=O)c1cc2c(C(F)(F)F)cccc2n1C(=O)OC(C)(C)C. The molecule has 0 N–H and O–H groups in total. The van der Waals surface area contributed by atoms with E-state index >= 15 is 0 Å². The van der Waals surface area contributed by atoms with Crippen molar-refractivity contribution in [1.82, 2.24) is 4.57 Å². The Bertz CT molecular complexity index is 800. The van der Waals surface area contributed by atoms with Gasteiger partial charge in [0.1, 0.15) is 11.3 Å². The maximum Gasteiger partial charge on any atom is 0.419 e. The summed E-state index contributed by atoms with van der Waals surface area (Å²) in [7, 11) is 1.07. The van der Waals surface area contributed by atoms with Gasteiger partial charge < -0.3 is 9.47 Å². The van der Waals surface area contributed by atoms with Crippen molar-refractivity contribution in [1.29, 1.82) is 0 Å². The molecule has 0 aliphatic heterocycles. The largest absolute Gasteiger partial charge is 0.464 e. The molecule has 0 spiro atoms. The molecule has 130 valence electrons. The summed E-state index contributed by atoms with van der Waals surface area (Å²) < 4.78 is 50.1. The van der Waals surface area contributed by atoms with Gasteiger partial charge >= 0.3 is 18.2 Å². The predicted octanol–water partition coefficient (Wildman–Crippen LogP) is 4.23. The van der Waals surface area contributed by atoms with Gasteiger partial charge in [0.2, 0.25) is 0 Å². The van der Waals surface area contributed by atoms with Crippen molar-refractivity contribution < 1.29 is 32.2 Å². The molecule has 2 rings (SSSR count). The lowest BCUT2D eigenvalue weighted by molar-refractivity contribution is -0.136. The average molecular weight is 343 g/mol. The second-order valence-electron chi connectivity index (χ2n) is 6.07. The second-order valence-corrected chi connectivity index (χ2v) is 6.07. The van der Waals surface area contributed by atoms with Crippen LogP contribution in [0.25, 0.3) is 10.9 Å². The van der Waals surface area contributed by atoms with Crippen LogP contribution in [0.15, 0.2) is 24.3 Å². The first-order valence-corrected chi connectivity index (χ1v) is 6.99. The van der Waals surface area contributed by atoms with Crippen molar-refractivity contribution in [2.45, 2.75) is 32.5 Å². The molecule has 5 nitrogen and oxygen atoms in total. The normalized spacial score (nSPS) is 12.3. The van der Waals surface area contributed by atoms with Crippen molar-refractivity contribution in [3.05, 3.63) is 35.5 Å². The molecule has 8 heteroatoms. The van der Waals surface area contributed by atoms with E-state index in [0.717, 1.165) is 29.9 Å². The summed E-state index contributed by atoms with van der Waals surface area (Å²) in [6.45, 7) is 4.82. The highest BCUT2D eigenvalue weighted by molar-refractivity contribution is 6.02. The fraction of sp³-hybridized carbons (Fsp3) is 0.375. The number of rotatable bonds is 1. The Morgan fingerprint density at radius 3 is 2.25 bits per heavy atom. The Morgan fingerprint density at radius 2 is 1.75 bits per heavy atom. The smallest absolute Gasteiger partial charge is 0.419 e. The average Bonchev–Trinajstić information content (AvgIpc) is 2.82. The van der Waals surface area contributed by atoms with Crippen LogP contribution in [-0.2, 0) is 15.7 Å². The Kier molecular flexibility index (Phi) is 4.34. The number of benzene rings is 1. The number of esters is 1. The van der Waals surface area contributed by atoms with Crippen LogP contribution in [0, 0.1) is 0 Å². The van der Waals surface area contributed by atoms with E-state index in [9.17, 15) is 22.8 Å². The zero-order chi connectivity index (χ0) is 18.3. The molecule has 0 atom stereocenters. The minimum Gasteiger partial charge on any atom is -0.464 e. The summed E-state index contributed by atoms with van der Waals surface area (Å²) in [6.07, 6.45) is -5.59. The van der Waals surface area contributed by atoms with E-state index in [2.05, 4.69) is 4.74 Å². The molecule has 0 amide bonds. The summed E-state index contributed by atoms with van der Waals surface area (Å²) in [5.41, 5.74) is -2.26. The van der Waals surface area contributed by atoms with E-state index in [1.54, 1.807) is 20.8 Å². The van der Waals surface area contributed by atoms with Crippen molar-refractivity contribution in [3.8, 4) is 0 Å². The summed E-state index contributed by atoms with van der Waals surface area (Å²) in [6, 6.07) is 4.32. The number of methoxy groups -OCH3 is 1.